The first kappa shape index (κ1) is 17.5. The van der Waals surface area contributed by atoms with Crippen LogP contribution in [0.1, 0.15) is 27.3 Å². The van der Waals surface area contributed by atoms with Gasteiger partial charge in [0.2, 0.25) is 5.91 Å². The highest BCUT2D eigenvalue weighted by Crippen LogP contribution is 2.28. The van der Waals surface area contributed by atoms with E-state index in [1.54, 1.807) is 23.1 Å². The predicted octanol–water partition coefficient (Wildman–Crippen LogP) is 2.78. The molecular weight excluding hydrogens is 365 g/mol. The molecule has 1 aromatic carbocycles. The van der Waals surface area contributed by atoms with Crippen molar-refractivity contribution < 1.29 is 14.3 Å². The Hall–Kier alpha value is -2.31. The van der Waals surface area contributed by atoms with Crippen molar-refractivity contribution >= 4 is 35.0 Å². The molecule has 2 aromatic rings. The van der Waals surface area contributed by atoms with Crippen LogP contribution in [0.4, 0.5) is 0 Å². The van der Waals surface area contributed by atoms with Crippen LogP contribution in [0.3, 0.4) is 0 Å². The Labute approximate surface area is 154 Å². The van der Waals surface area contributed by atoms with E-state index in [-0.39, 0.29) is 23.3 Å². The number of amides is 2. The van der Waals surface area contributed by atoms with Crippen LogP contribution < -0.4 is 10.5 Å². The molecule has 0 spiro atoms. The number of pyridine rings is 1. The summed E-state index contributed by atoms with van der Waals surface area (Å²) in [4.78, 5) is 29.2. The number of carbonyl (C=O) groups is 2. The molecule has 2 amide bonds. The van der Waals surface area contributed by atoms with Crippen molar-refractivity contribution in [3.8, 4) is 5.75 Å². The van der Waals surface area contributed by atoms with Gasteiger partial charge in [0, 0.05) is 25.2 Å². The summed E-state index contributed by atoms with van der Waals surface area (Å²) in [6.45, 7) is 1.00. The Kier molecular flexibility index (Phi) is 5.11. The molecular formula is C17H15Cl2N3O3. The smallest absolute Gasteiger partial charge is 0.272 e. The van der Waals surface area contributed by atoms with Crippen LogP contribution in [0.5, 0.6) is 5.75 Å². The number of halogens is 2. The lowest BCUT2D eigenvalue weighted by Crippen LogP contribution is -2.31. The molecule has 1 fully saturated rings. The fourth-order valence-electron chi connectivity index (χ4n) is 2.58. The van der Waals surface area contributed by atoms with Crippen LogP contribution in [0.2, 0.25) is 10.0 Å². The summed E-state index contributed by atoms with van der Waals surface area (Å²) in [6, 6.07) is 8.04. The molecule has 2 N–H and O–H groups in total. The molecule has 0 bridgehead atoms. The Balaban J connectivity index is 1.62. The first-order valence-electron chi connectivity index (χ1n) is 7.61. The average molecular weight is 380 g/mol. The molecule has 0 saturated carbocycles. The molecule has 3 rings (SSSR count). The standard InChI is InChI=1S/C17H15Cl2N3O3/c18-13-3-2-11(7-14(13)19)25-12-5-6-22(9-12)17(24)15-4-1-10(8-21-15)16(20)23/h1-4,7-8,12H,5-6,9H2,(H2,20,23). The number of likely N-dealkylation sites (tertiary alicyclic amines) is 1. The highest BCUT2D eigenvalue weighted by atomic mass is 35.5. The van der Waals surface area contributed by atoms with E-state index >= 15 is 0 Å². The number of rotatable bonds is 4. The van der Waals surface area contributed by atoms with Gasteiger partial charge in [0.1, 0.15) is 17.5 Å². The van der Waals surface area contributed by atoms with Gasteiger partial charge in [-0.05, 0) is 24.3 Å². The minimum atomic E-state index is -0.581. The SMILES string of the molecule is NC(=O)c1ccc(C(=O)N2CCC(Oc3ccc(Cl)c(Cl)c3)C2)nc1. The second kappa shape index (κ2) is 7.29. The maximum Gasteiger partial charge on any atom is 0.272 e. The van der Waals surface area contributed by atoms with Gasteiger partial charge < -0.3 is 15.4 Å². The van der Waals surface area contributed by atoms with Crippen molar-refractivity contribution in [3.63, 3.8) is 0 Å². The number of benzene rings is 1. The summed E-state index contributed by atoms with van der Waals surface area (Å²) in [5, 5.41) is 0.881. The van der Waals surface area contributed by atoms with Gasteiger partial charge in [0.25, 0.3) is 5.91 Å². The van der Waals surface area contributed by atoms with Crippen molar-refractivity contribution in [1.29, 1.82) is 0 Å². The van der Waals surface area contributed by atoms with Crippen molar-refractivity contribution in [3.05, 3.63) is 57.8 Å². The molecule has 1 atom stereocenters. The lowest BCUT2D eigenvalue weighted by Gasteiger charge is -2.17. The number of primary amides is 1. The normalized spacial score (nSPS) is 16.7. The Morgan fingerprint density at radius 1 is 1.20 bits per heavy atom. The van der Waals surface area contributed by atoms with Gasteiger partial charge in [-0.1, -0.05) is 23.2 Å². The zero-order valence-electron chi connectivity index (χ0n) is 13.1. The largest absolute Gasteiger partial charge is 0.488 e. The highest BCUT2D eigenvalue weighted by molar-refractivity contribution is 6.42. The lowest BCUT2D eigenvalue weighted by atomic mass is 10.2. The monoisotopic (exact) mass is 379 g/mol. The molecule has 1 aromatic heterocycles. The first-order chi connectivity index (χ1) is 11.9. The molecule has 1 unspecified atom stereocenters. The predicted molar refractivity (Wildman–Crippen MR) is 94.2 cm³/mol. The third-order valence-electron chi connectivity index (χ3n) is 3.89. The summed E-state index contributed by atoms with van der Waals surface area (Å²) in [5.74, 6) is -0.184. The lowest BCUT2D eigenvalue weighted by molar-refractivity contribution is 0.0766. The molecule has 25 heavy (non-hydrogen) atoms. The van der Waals surface area contributed by atoms with E-state index < -0.39 is 5.91 Å². The first-order valence-corrected chi connectivity index (χ1v) is 8.36. The number of nitrogens with two attached hydrogens (primary N) is 1. The third kappa shape index (κ3) is 4.03. The van der Waals surface area contributed by atoms with Crippen LogP contribution in [0.25, 0.3) is 0 Å². The number of carbonyl (C=O) groups excluding carboxylic acids is 2. The molecule has 0 radical (unpaired) electrons. The summed E-state index contributed by atoms with van der Waals surface area (Å²) < 4.78 is 5.86. The minimum Gasteiger partial charge on any atom is -0.488 e. The topological polar surface area (TPSA) is 85.5 Å². The highest BCUT2D eigenvalue weighted by Gasteiger charge is 2.29. The fourth-order valence-corrected chi connectivity index (χ4v) is 2.87. The number of hydrogen-bond donors (Lipinski definition) is 1. The molecule has 1 aliphatic heterocycles. The van der Waals surface area contributed by atoms with E-state index in [1.165, 1.54) is 18.3 Å². The number of nitrogens with zero attached hydrogens (tertiary/aromatic N) is 2. The summed E-state index contributed by atoms with van der Waals surface area (Å²) >= 11 is 11.9. The van der Waals surface area contributed by atoms with Crippen LogP contribution in [-0.4, -0.2) is 40.9 Å². The molecule has 8 heteroatoms. The molecule has 2 heterocycles. The molecule has 0 aliphatic carbocycles. The zero-order valence-corrected chi connectivity index (χ0v) is 14.6. The van der Waals surface area contributed by atoms with Crippen LogP contribution in [-0.2, 0) is 0 Å². The van der Waals surface area contributed by atoms with Crippen molar-refractivity contribution in [2.45, 2.75) is 12.5 Å². The maximum atomic E-state index is 12.5. The number of ether oxygens (including phenoxy) is 1. The van der Waals surface area contributed by atoms with Crippen LogP contribution >= 0.6 is 23.2 Å². The van der Waals surface area contributed by atoms with Gasteiger partial charge in [0.15, 0.2) is 0 Å². The third-order valence-corrected chi connectivity index (χ3v) is 4.63. The number of hydrogen-bond acceptors (Lipinski definition) is 4. The second-order valence-corrected chi connectivity index (χ2v) is 6.47. The summed E-state index contributed by atoms with van der Waals surface area (Å²) in [6.07, 6.45) is 1.87. The second-order valence-electron chi connectivity index (χ2n) is 5.65. The van der Waals surface area contributed by atoms with Crippen molar-refractivity contribution in [2.24, 2.45) is 5.73 Å². The van der Waals surface area contributed by atoms with E-state index in [0.717, 1.165) is 0 Å². The van der Waals surface area contributed by atoms with Gasteiger partial charge in [-0.15, -0.1) is 0 Å². The van der Waals surface area contributed by atoms with Gasteiger partial charge in [-0.25, -0.2) is 0 Å². The minimum absolute atomic E-state index is 0.133. The Bertz CT molecular complexity index is 811. The summed E-state index contributed by atoms with van der Waals surface area (Å²) in [5.41, 5.74) is 5.69. The maximum absolute atomic E-state index is 12.5. The van der Waals surface area contributed by atoms with Gasteiger partial charge >= 0.3 is 0 Å². The summed E-state index contributed by atoms with van der Waals surface area (Å²) in [7, 11) is 0. The fraction of sp³-hybridized carbons (Fsp3) is 0.235. The van der Waals surface area contributed by atoms with Gasteiger partial charge in [-0.2, -0.15) is 0 Å². The van der Waals surface area contributed by atoms with E-state index in [0.29, 0.717) is 35.3 Å². The van der Waals surface area contributed by atoms with E-state index in [9.17, 15) is 9.59 Å². The van der Waals surface area contributed by atoms with Gasteiger partial charge in [-0.3, -0.25) is 14.6 Å². The van der Waals surface area contributed by atoms with E-state index in [1.807, 2.05) is 0 Å². The number of aromatic nitrogens is 1. The Morgan fingerprint density at radius 3 is 2.64 bits per heavy atom. The van der Waals surface area contributed by atoms with Crippen molar-refractivity contribution in [2.75, 3.05) is 13.1 Å². The zero-order chi connectivity index (χ0) is 18.0. The molecule has 6 nitrogen and oxygen atoms in total. The Morgan fingerprint density at radius 2 is 2.00 bits per heavy atom. The average Bonchev–Trinajstić information content (AvgIpc) is 3.06. The van der Waals surface area contributed by atoms with Gasteiger partial charge in [0.05, 0.1) is 22.2 Å². The molecule has 130 valence electrons. The molecule has 1 aliphatic rings. The van der Waals surface area contributed by atoms with Crippen LogP contribution in [0.15, 0.2) is 36.5 Å². The van der Waals surface area contributed by atoms with Crippen LogP contribution in [0, 0.1) is 0 Å². The van der Waals surface area contributed by atoms with Crippen molar-refractivity contribution in [1.82, 2.24) is 9.88 Å². The van der Waals surface area contributed by atoms with E-state index in [2.05, 4.69) is 4.98 Å². The molecule has 1 saturated heterocycles. The van der Waals surface area contributed by atoms with E-state index in [4.69, 9.17) is 33.7 Å². The quantitative estimate of drug-likeness (QED) is 0.884.